The predicted molar refractivity (Wildman–Crippen MR) is 103 cm³/mol. The lowest BCUT2D eigenvalue weighted by molar-refractivity contribution is 0.464. The molecule has 0 unspecified atom stereocenters. The van der Waals surface area contributed by atoms with E-state index < -0.39 is 0 Å². The van der Waals surface area contributed by atoms with Gasteiger partial charge in [-0.15, -0.1) is 0 Å². The van der Waals surface area contributed by atoms with Crippen molar-refractivity contribution in [1.82, 2.24) is 15.2 Å². The molecular formula is C19H33N5. The van der Waals surface area contributed by atoms with Crippen LogP contribution in [-0.2, 0) is 6.54 Å². The van der Waals surface area contributed by atoms with Crippen LogP contribution in [0.5, 0.6) is 0 Å². The zero-order valence-electron chi connectivity index (χ0n) is 15.6. The monoisotopic (exact) mass is 331 g/mol. The third-order valence-electron chi connectivity index (χ3n) is 4.61. The number of aromatic nitrogens is 1. The normalized spacial score (nSPS) is 16.0. The third-order valence-corrected chi connectivity index (χ3v) is 4.61. The van der Waals surface area contributed by atoms with Crippen LogP contribution in [0.3, 0.4) is 0 Å². The lowest BCUT2D eigenvalue weighted by atomic mass is 10.2. The number of hydrogen-bond donors (Lipinski definition) is 1. The van der Waals surface area contributed by atoms with Gasteiger partial charge in [0.25, 0.3) is 0 Å². The summed E-state index contributed by atoms with van der Waals surface area (Å²) in [6.07, 6.45) is 9.64. The molecule has 5 nitrogen and oxygen atoms in total. The molecule has 1 aromatic heterocycles. The Morgan fingerprint density at radius 3 is 2.58 bits per heavy atom. The van der Waals surface area contributed by atoms with Crippen molar-refractivity contribution in [2.75, 3.05) is 38.6 Å². The maximum absolute atomic E-state index is 4.67. The number of aliphatic imine (C=N–C) groups is 1. The van der Waals surface area contributed by atoms with Gasteiger partial charge >= 0.3 is 0 Å². The van der Waals surface area contributed by atoms with E-state index in [4.69, 9.17) is 0 Å². The first kappa shape index (κ1) is 18.6. The number of nitrogens with one attached hydrogen (secondary N) is 1. The Labute approximate surface area is 147 Å². The van der Waals surface area contributed by atoms with E-state index >= 15 is 0 Å². The first-order chi connectivity index (χ1) is 11.7. The van der Waals surface area contributed by atoms with Crippen LogP contribution < -0.4 is 10.2 Å². The fourth-order valence-corrected chi connectivity index (χ4v) is 3.08. The molecule has 1 aromatic rings. The summed E-state index contributed by atoms with van der Waals surface area (Å²) in [7, 11) is 3.93. The maximum Gasteiger partial charge on any atom is 0.193 e. The Morgan fingerprint density at radius 1 is 1.25 bits per heavy atom. The molecule has 24 heavy (non-hydrogen) atoms. The van der Waals surface area contributed by atoms with E-state index in [1.165, 1.54) is 44.1 Å². The Bertz CT molecular complexity index is 489. The van der Waals surface area contributed by atoms with E-state index in [9.17, 15) is 0 Å². The second-order valence-electron chi connectivity index (χ2n) is 6.60. The first-order valence-corrected chi connectivity index (χ1v) is 9.36. The highest BCUT2D eigenvalue weighted by Gasteiger charge is 2.11. The van der Waals surface area contributed by atoms with Crippen molar-refractivity contribution in [1.29, 1.82) is 0 Å². The summed E-state index contributed by atoms with van der Waals surface area (Å²) in [4.78, 5) is 13.6. The maximum atomic E-state index is 4.67. The van der Waals surface area contributed by atoms with Crippen molar-refractivity contribution in [3.63, 3.8) is 0 Å². The van der Waals surface area contributed by atoms with Crippen LogP contribution in [0.25, 0.3) is 0 Å². The van der Waals surface area contributed by atoms with E-state index in [2.05, 4.69) is 51.2 Å². The number of hydrogen-bond acceptors (Lipinski definition) is 3. The Balaban J connectivity index is 1.86. The smallest absolute Gasteiger partial charge is 0.193 e. The van der Waals surface area contributed by atoms with Gasteiger partial charge in [0.15, 0.2) is 5.96 Å². The minimum absolute atomic E-state index is 0.760. The molecule has 1 aliphatic rings. The quantitative estimate of drug-likeness (QED) is 0.642. The third kappa shape index (κ3) is 5.69. The summed E-state index contributed by atoms with van der Waals surface area (Å²) in [5, 5.41) is 3.43. The van der Waals surface area contributed by atoms with E-state index in [1.807, 2.05) is 13.2 Å². The highest BCUT2D eigenvalue weighted by molar-refractivity contribution is 5.79. The van der Waals surface area contributed by atoms with Gasteiger partial charge in [-0.1, -0.05) is 32.3 Å². The van der Waals surface area contributed by atoms with Gasteiger partial charge < -0.3 is 15.1 Å². The summed E-state index contributed by atoms with van der Waals surface area (Å²) >= 11 is 0. The lowest BCUT2D eigenvalue weighted by Crippen LogP contribution is -2.39. The number of anilines is 1. The van der Waals surface area contributed by atoms with Gasteiger partial charge in [-0.3, -0.25) is 4.99 Å². The van der Waals surface area contributed by atoms with Crippen molar-refractivity contribution in [2.24, 2.45) is 4.99 Å². The molecule has 0 saturated carbocycles. The molecule has 1 saturated heterocycles. The summed E-state index contributed by atoms with van der Waals surface area (Å²) in [5.41, 5.74) is 1.19. The summed E-state index contributed by atoms with van der Waals surface area (Å²) in [6, 6.07) is 4.34. The van der Waals surface area contributed by atoms with Crippen LogP contribution in [0.4, 0.5) is 5.82 Å². The topological polar surface area (TPSA) is 43.8 Å². The average Bonchev–Trinajstić information content (AvgIpc) is 2.90. The predicted octanol–water partition coefficient (Wildman–Crippen LogP) is 3.27. The zero-order valence-corrected chi connectivity index (χ0v) is 15.6. The van der Waals surface area contributed by atoms with Gasteiger partial charge in [-0.25, -0.2) is 4.98 Å². The molecule has 134 valence electrons. The Kier molecular flexibility index (Phi) is 7.86. The standard InChI is InChI=1S/C19H33N5/c1-4-5-12-23(3)19(20-2)22-16-17-10-11-18(21-15-17)24-13-8-6-7-9-14-24/h10-11,15H,4-9,12-14,16H2,1-3H3,(H,20,22). The summed E-state index contributed by atoms with van der Waals surface area (Å²) < 4.78 is 0. The molecule has 0 bridgehead atoms. The number of nitrogens with zero attached hydrogens (tertiary/aromatic N) is 4. The molecule has 1 N–H and O–H groups in total. The van der Waals surface area contributed by atoms with Crippen molar-refractivity contribution >= 4 is 11.8 Å². The van der Waals surface area contributed by atoms with E-state index in [0.717, 1.165) is 38.0 Å². The lowest BCUT2D eigenvalue weighted by Gasteiger charge is -2.23. The molecule has 5 heteroatoms. The van der Waals surface area contributed by atoms with Crippen LogP contribution in [0.15, 0.2) is 23.3 Å². The molecule has 0 aliphatic carbocycles. The molecule has 0 atom stereocenters. The van der Waals surface area contributed by atoms with Crippen molar-refractivity contribution in [3.05, 3.63) is 23.9 Å². The van der Waals surface area contributed by atoms with Crippen LogP contribution in [0, 0.1) is 0 Å². The van der Waals surface area contributed by atoms with E-state index in [-0.39, 0.29) is 0 Å². The van der Waals surface area contributed by atoms with Gasteiger partial charge in [0, 0.05) is 46.5 Å². The van der Waals surface area contributed by atoms with Crippen LogP contribution in [-0.4, -0.2) is 49.6 Å². The minimum atomic E-state index is 0.760. The zero-order chi connectivity index (χ0) is 17.2. The van der Waals surface area contributed by atoms with Gasteiger partial charge in [-0.2, -0.15) is 0 Å². The van der Waals surface area contributed by atoms with E-state index in [0.29, 0.717) is 0 Å². The number of guanidine groups is 1. The van der Waals surface area contributed by atoms with Gasteiger partial charge in [0.1, 0.15) is 5.82 Å². The summed E-state index contributed by atoms with van der Waals surface area (Å²) in [5.74, 6) is 2.06. The second kappa shape index (κ2) is 10.2. The van der Waals surface area contributed by atoms with Crippen LogP contribution in [0.2, 0.25) is 0 Å². The number of pyridine rings is 1. The second-order valence-corrected chi connectivity index (χ2v) is 6.60. The van der Waals surface area contributed by atoms with Crippen molar-refractivity contribution in [3.8, 4) is 0 Å². The van der Waals surface area contributed by atoms with Crippen LogP contribution in [0.1, 0.15) is 51.0 Å². The first-order valence-electron chi connectivity index (χ1n) is 9.36. The molecular weight excluding hydrogens is 298 g/mol. The SMILES string of the molecule is CCCCN(C)C(=NC)NCc1ccc(N2CCCCCC2)nc1. The summed E-state index contributed by atoms with van der Waals surface area (Å²) in [6.45, 7) is 6.28. The molecule has 1 fully saturated rings. The largest absolute Gasteiger partial charge is 0.357 e. The molecule has 1 aliphatic heterocycles. The highest BCUT2D eigenvalue weighted by atomic mass is 15.3. The number of unbranched alkanes of at least 4 members (excludes halogenated alkanes) is 1. The highest BCUT2D eigenvalue weighted by Crippen LogP contribution is 2.17. The Morgan fingerprint density at radius 2 is 2.00 bits per heavy atom. The minimum Gasteiger partial charge on any atom is -0.357 e. The van der Waals surface area contributed by atoms with Crippen molar-refractivity contribution < 1.29 is 0 Å². The van der Waals surface area contributed by atoms with Crippen molar-refractivity contribution in [2.45, 2.75) is 52.0 Å². The van der Waals surface area contributed by atoms with Gasteiger partial charge in [-0.05, 0) is 30.9 Å². The fourth-order valence-electron chi connectivity index (χ4n) is 3.08. The van der Waals surface area contributed by atoms with Gasteiger partial charge in [0.05, 0.1) is 0 Å². The van der Waals surface area contributed by atoms with Gasteiger partial charge in [0.2, 0.25) is 0 Å². The fraction of sp³-hybridized carbons (Fsp3) is 0.684. The number of rotatable bonds is 6. The average molecular weight is 332 g/mol. The molecule has 2 heterocycles. The molecule has 0 aromatic carbocycles. The van der Waals surface area contributed by atoms with E-state index in [1.54, 1.807) is 0 Å². The molecule has 0 amide bonds. The Hall–Kier alpha value is -1.78. The molecule has 0 spiro atoms. The molecule has 2 rings (SSSR count). The molecule has 0 radical (unpaired) electrons. The van der Waals surface area contributed by atoms with Crippen LogP contribution >= 0.6 is 0 Å².